The van der Waals surface area contributed by atoms with Gasteiger partial charge >= 0.3 is 0 Å². The van der Waals surface area contributed by atoms with E-state index in [0.29, 0.717) is 11.0 Å². The van der Waals surface area contributed by atoms with Crippen LogP contribution < -0.4 is 5.32 Å². The summed E-state index contributed by atoms with van der Waals surface area (Å²) < 4.78 is 1.91. The fourth-order valence-electron chi connectivity index (χ4n) is 3.03. The number of amides is 1. The van der Waals surface area contributed by atoms with Crippen molar-refractivity contribution in [3.8, 4) is 6.07 Å². The molecule has 1 aliphatic rings. The number of nitrogens with one attached hydrogen (secondary N) is 1. The zero-order valence-corrected chi connectivity index (χ0v) is 12.7. The Morgan fingerprint density at radius 1 is 1.17 bits per heavy atom. The van der Waals surface area contributed by atoms with Crippen LogP contribution in [0.25, 0.3) is 11.0 Å². The number of para-hydroxylation sites is 2. The molecule has 0 saturated carbocycles. The first kappa shape index (κ1) is 13.8. The van der Waals surface area contributed by atoms with Crippen LogP contribution in [0.15, 0.2) is 48.5 Å². The van der Waals surface area contributed by atoms with E-state index in [9.17, 15) is 10.1 Å². The fourth-order valence-corrected chi connectivity index (χ4v) is 3.15. The van der Waals surface area contributed by atoms with E-state index < -0.39 is 12.0 Å². The van der Waals surface area contributed by atoms with Gasteiger partial charge in [0, 0.05) is 5.02 Å². The van der Waals surface area contributed by atoms with E-state index in [1.54, 1.807) is 12.1 Å². The lowest BCUT2D eigenvalue weighted by Crippen LogP contribution is -2.37. The Bertz CT molecular complexity index is 955. The van der Waals surface area contributed by atoms with E-state index in [0.717, 1.165) is 16.6 Å². The topological polar surface area (TPSA) is 70.7 Å². The number of anilines is 1. The van der Waals surface area contributed by atoms with Gasteiger partial charge in [-0.1, -0.05) is 35.9 Å². The summed E-state index contributed by atoms with van der Waals surface area (Å²) in [5.41, 5.74) is 2.50. The van der Waals surface area contributed by atoms with Crippen LogP contribution in [0.2, 0.25) is 5.02 Å². The molecule has 0 saturated heterocycles. The van der Waals surface area contributed by atoms with Crippen LogP contribution in [-0.2, 0) is 4.79 Å². The van der Waals surface area contributed by atoms with Crippen LogP contribution in [0.1, 0.15) is 11.6 Å². The number of carbonyl (C=O) groups is 1. The summed E-state index contributed by atoms with van der Waals surface area (Å²) in [6.07, 6.45) is 0. The summed E-state index contributed by atoms with van der Waals surface area (Å²) >= 11 is 5.96. The van der Waals surface area contributed by atoms with Crippen molar-refractivity contribution in [1.29, 1.82) is 5.26 Å². The lowest BCUT2D eigenvalue weighted by atomic mass is 9.91. The van der Waals surface area contributed by atoms with Gasteiger partial charge in [0.25, 0.3) is 0 Å². The van der Waals surface area contributed by atoms with Crippen molar-refractivity contribution in [3.05, 3.63) is 59.1 Å². The molecule has 2 aromatic carbocycles. The summed E-state index contributed by atoms with van der Waals surface area (Å²) in [7, 11) is 0. The second-order valence-corrected chi connectivity index (χ2v) is 5.82. The van der Waals surface area contributed by atoms with Gasteiger partial charge in [0.2, 0.25) is 11.9 Å². The number of benzene rings is 2. The van der Waals surface area contributed by atoms with Gasteiger partial charge in [-0.2, -0.15) is 5.26 Å². The van der Waals surface area contributed by atoms with Crippen molar-refractivity contribution in [2.45, 2.75) is 6.04 Å². The molecular weight excluding hydrogens is 312 g/mol. The number of carbonyl (C=O) groups excluding carboxylic acids is 1. The Hall–Kier alpha value is -2.84. The van der Waals surface area contributed by atoms with Crippen molar-refractivity contribution >= 4 is 34.5 Å². The SMILES string of the molecule is N#C[C@H]1C(=O)Nc2nc3ccccc3n2[C@@H]1c1ccc(Cl)cc1. The highest BCUT2D eigenvalue weighted by atomic mass is 35.5. The van der Waals surface area contributed by atoms with E-state index in [4.69, 9.17) is 11.6 Å². The molecule has 6 heteroatoms. The minimum atomic E-state index is -0.832. The van der Waals surface area contributed by atoms with Crippen molar-refractivity contribution in [2.75, 3.05) is 5.32 Å². The first-order valence-electron chi connectivity index (χ1n) is 7.12. The van der Waals surface area contributed by atoms with Gasteiger partial charge < -0.3 is 4.57 Å². The highest BCUT2D eigenvalue weighted by Crippen LogP contribution is 2.37. The zero-order chi connectivity index (χ0) is 16.0. The maximum absolute atomic E-state index is 12.3. The van der Waals surface area contributed by atoms with Crippen molar-refractivity contribution in [2.24, 2.45) is 5.92 Å². The molecule has 0 fully saturated rings. The summed E-state index contributed by atoms with van der Waals surface area (Å²) in [4.78, 5) is 16.8. The average Bonchev–Trinajstić information content (AvgIpc) is 2.92. The number of hydrogen-bond donors (Lipinski definition) is 1. The maximum atomic E-state index is 12.3. The Labute approximate surface area is 137 Å². The Morgan fingerprint density at radius 3 is 2.65 bits per heavy atom. The summed E-state index contributed by atoms with van der Waals surface area (Å²) in [6, 6.07) is 16.5. The quantitative estimate of drug-likeness (QED) is 0.746. The van der Waals surface area contributed by atoms with Crippen LogP contribution in [0.4, 0.5) is 5.95 Å². The molecule has 23 heavy (non-hydrogen) atoms. The molecule has 2 atom stereocenters. The number of hydrogen-bond acceptors (Lipinski definition) is 3. The molecule has 0 unspecified atom stereocenters. The molecule has 0 spiro atoms. The lowest BCUT2D eigenvalue weighted by Gasteiger charge is -2.29. The highest BCUT2D eigenvalue weighted by Gasteiger charge is 2.38. The minimum Gasteiger partial charge on any atom is -0.300 e. The first-order valence-corrected chi connectivity index (χ1v) is 7.50. The average molecular weight is 323 g/mol. The molecule has 0 radical (unpaired) electrons. The molecule has 1 amide bonds. The van der Waals surface area contributed by atoms with Gasteiger partial charge in [-0.15, -0.1) is 0 Å². The second-order valence-electron chi connectivity index (χ2n) is 5.39. The molecule has 5 nitrogen and oxygen atoms in total. The van der Waals surface area contributed by atoms with Crippen LogP contribution in [0.3, 0.4) is 0 Å². The molecule has 4 rings (SSSR count). The smallest absolute Gasteiger partial charge is 0.246 e. The number of nitriles is 1. The third kappa shape index (κ3) is 2.07. The predicted octanol–water partition coefficient (Wildman–Crippen LogP) is 3.37. The third-order valence-electron chi connectivity index (χ3n) is 4.06. The number of halogens is 1. The van der Waals surface area contributed by atoms with E-state index in [1.165, 1.54) is 0 Å². The highest BCUT2D eigenvalue weighted by molar-refractivity contribution is 6.30. The number of fused-ring (bicyclic) bond motifs is 3. The van der Waals surface area contributed by atoms with E-state index in [2.05, 4.69) is 16.4 Å². The molecular formula is C17H11ClN4O. The van der Waals surface area contributed by atoms with Crippen LogP contribution >= 0.6 is 11.6 Å². The van der Waals surface area contributed by atoms with E-state index >= 15 is 0 Å². The molecule has 1 N–H and O–H groups in total. The zero-order valence-electron chi connectivity index (χ0n) is 11.9. The summed E-state index contributed by atoms with van der Waals surface area (Å²) in [6.45, 7) is 0. The summed E-state index contributed by atoms with van der Waals surface area (Å²) in [5.74, 6) is -0.709. The lowest BCUT2D eigenvalue weighted by molar-refractivity contribution is -0.119. The van der Waals surface area contributed by atoms with Crippen molar-refractivity contribution < 1.29 is 4.79 Å². The predicted molar refractivity (Wildman–Crippen MR) is 87.1 cm³/mol. The van der Waals surface area contributed by atoms with Crippen LogP contribution in [0, 0.1) is 17.2 Å². The van der Waals surface area contributed by atoms with Gasteiger partial charge in [0.1, 0.15) is 0 Å². The van der Waals surface area contributed by atoms with Crippen molar-refractivity contribution in [1.82, 2.24) is 9.55 Å². The minimum absolute atomic E-state index is 0.338. The molecule has 0 aliphatic carbocycles. The standard InChI is InChI=1S/C17H11ClN4O/c18-11-7-5-10(6-8-11)15-12(9-19)16(23)21-17-20-13-3-1-2-4-14(13)22(15)17/h1-8,12,15H,(H,20,21,23)/t12-,15-/m1/s1. The van der Waals surface area contributed by atoms with Gasteiger partial charge in [-0.3, -0.25) is 10.1 Å². The maximum Gasteiger partial charge on any atom is 0.246 e. The Balaban J connectivity index is 2.00. The molecule has 2 heterocycles. The third-order valence-corrected chi connectivity index (χ3v) is 4.31. The molecule has 112 valence electrons. The number of aromatic nitrogens is 2. The fraction of sp³-hybridized carbons (Fsp3) is 0.118. The van der Waals surface area contributed by atoms with Gasteiger partial charge in [-0.25, -0.2) is 4.98 Å². The van der Waals surface area contributed by atoms with E-state index in [1.807, 2.05) is 41.0 Å². The van der Waals surface area contributed by atoms with Crippen LogP contribution in [-0.4, -0.2) is 15.5 Å². The molecule has 1 aliphatic heterocycles. The monoisotopic (exact) mass is 322 g/mol. The first-order chi connectivity index (χ1) is 11.2. The normalized spacial score (nSPS) is 19.9. The largest absolute Gasteiger partial charge is 0.300 e. The van der Waals surface area contributed by atoms with Gasteiger partial charge in [-0.05, 0) is 29.8 Å². The molecule has 0 bridgehead atoms. The van der Waals surface area contributed by atoms with E-state index in [-0.39, 0.29) is 5.91 Å². The van der Waals surface area contributed by atoms with Gasteiger partial charge in [0.05, 0.1) is 23.1 Å². The number of nitrogens with zero attached hydrogens (tertiary/aromatic N) is 3. The molecule has 1 aromatic heterocycles. The number of imidazole rings is 1. The molecule has 3 aromatic rings. The number of rotatable bonds is 1. The second kappa shape index (κ2) is 5.11. The Kier molecular flexibility index (Phi) is 3.07. The van der Waals surface area contributed by atoms with Crippen LogP contribution in [0.5, 0.6) is 0 Å². The summed E-state index contributed by atoms with van der Waals surface area (Å²) in [5, 5.41) is 12.8. The Morgan fingerprint density at radius 2 is 1.91 bits per heavy atom. The van der Waals surface area contributed by atoms with Gasteiger partial charge in [0.15, 0.2) is 5.92 Å². The van der Waals surface area contributed by atoms with Crippen molar-refractivity contribution in [3.63, 3.8) is 0 Å².